The Morgan fingerprint density at radius 1 is 0.288 bits per heavy atom. The van der Waals surface area contributed by atoms with E-state index >= 15 is 0 Å². The molecule has 0 atom stereocenters. The quantitative estimate of drug-likeness (QED) is 0.160. The van der Waals surface area contributed by atoms with E-state index in [1.54, 1.807) is 0 Å². The molecule has 15 rings (SSSR count). The number of fused-ring (bicyclic) bond motifs is 10. The van der Waals surface area contributed by atoms with Crippen LogP contribution in [0.5, 0.6) is 0 Å². The van der Waals surface area contributed by atoms with Gasteiger partial charge in [0.05, 0.1) is 45.0 Å². The summed E-state index contributed by atoms with van der Waals surface area (Å²) in [5.41, 5.74) is 16.6. The zero-order valence-corrected chi connectivity index (χ0v) is 39.4. The van der Waals surface area contributed by atoms with Crippen molar-refractivity contribution in [2.75, 3.05) is 0 Å². The monoisotopic (exact) mass is 930 g/mol. The summed E-state index contributed by atoms with van der Waals surface area (Å²) in [4.78, 5) is 14.9. The first-order valence-corrected chi connectivity index (χ1v) is 24.7. The Morgan fingerprint density at radius 3 is 1.67 bits per heavy atom. The first kappa shape index (κ1) is 40.9. The lowest BCUT2D eigenvalue weighted by molar-refractivity contribution is 1.05. The molecule has 0 spiro atoms. The number of para-hydroxylation sites is 3. The molecule has 0 aliphatic heterocycles. The molecule has 6 heteroatoms. The van der Waals surface area contributed by atoms with Crippen LogP contribution in [0.1, 0.15) is 0 Å². The van der Waals surface area contributed by atoms with E-state index in [0.717, 1.165) is 67.2 Å². The Morgan fingerprint density at radius 2 is 0.877 bits per heavy atom. The largest absolute Gasteiger partial charge is 0.309 e. The van der Waals surface area contributed by atoms with Crippen LogP contribution in [-0.2, 0) is 0 Å². The van der Waals surface area contributed by atoms with Gasteiger partial charge in [0.25, 0.3) is 0 Å². The average Bonchev–Trinajstić information content (AvgIpc) is 4.10. The third kappa shape index (κ3) is 6.54. The summed E-state index contributed by atoms with van der Waals surface area (Å²) in [5.74, 6) is 1.51. The van der Waals surface area contributed by atoms with E-state index in [0.29, 0.717) is 5.82 Å². The normalized spacial score (nSPS) is 11.8. The van der Waals surface area contributed by atoms with Gasteiger partial charge < -0.3 is 9.13 Å². The second-order valence-corrected chi connectivity index (χ2v) is 18.8. The summed E-state index contributed by atoms with van der Waals surface area (Å²) in [7, 11) is 0. The van der Waals surface area contributed by atoms with Crippen molar-refractivity contribution in [1.82, 2.24) is 28.7 Å². The fourth-order valence-electron chi connectivity index (χ4n) is 11.4. The van der Waals surface area contributed by atoms with Gasteiger partial charge in [-0.1, -0.05) is 164 Å². The predicted molar refractivity (Wildman–Crippen MR) is 302 cm³/mol. The van der Waals surface area contributed by atoms with Crippen LogP contribution in [0.25, 0.3) is 138 Å². The summed E-state index contributed by atoms with van der Waals surface area (Å²) in [6, 6.07) is 87.2. The van der Waals surface area contributed by atoms with Crippen molar-refractivity contribution < 1.29 is 0 Å². The molecule has 5 aromatic heterocycles. The highest BCUT2D eigenvalue weighted by molar-refractivity contribution is 6.14. The molecule has 0 saturated carbocycles. The number of benzene rings is 10. The van der Waals surface area contributed by atoms with Gasteiger partial charge in [-0.3, -0.25) is 9.55 Å². The minimum Gasteiger partial charge on any atom is -0.309 e. The second kappa shape index (κ2) is 16.3. The molecule has 0 saturated heterocycles. The topological polar surface area (TPSA) is 53.5 Å². The van der Waals surface area contributed by atoms with Gasteiger partial charge in [0, 0.05) is 67.1 Å². The van der Waals surface area contributed by atoms with Crippen LogP contribution in [0, 0.1) is 0 Å². The van der Waals surface area contributed by atoms with E-state index in [1.165, 1.54) is 65.3 Å². The third-order valence-electron chi connectivity index (χ3n) is 14.7. The van der Waals surface area contributed by atoms with E-state index in [-0.39, 0.29) is 0 Å². The number of hydrogen-bond donors (Lipinski definition) is 0. The van der Waals surface area contributed by atoms with Crippen LogP contribution in [-0.4, -0.2) is 28.7 Å². The van der Waals surface area contributed by atoms with Gasteiger partial charge in [0.1, 0.15) is 5.82 Å². The molecule has 0 aliphatic rings. The fraction of sp³-hybridized carbons (Fsp3) is 0. The maximum absolute atomic E-state index is 5.28. The lowest BCUT2D eigenvalue weighted by Crippen LogP contribution is -2.02. The molecule has 0 amide bonds. The molecular formula is C67H42N6. The molecule has 10 aromatic carbocycles. The Kier molecular flexibility index (Phi) is 9.16. The number of nitrogens with zero attached hydrogens (tertiary/aromatic N) is 6. The smallest absolute Gasteiger partial charge is 0.162 e. The van der Waals surface area contributed by atoms with Crippen molar-refractivity contribution in [1.29, 1.82) is 0 Å². The highest BCUT2D eigenvalue weighted by Gasteiger charge is 2.20. The number of hydrogen-bond acceptors (Lipinski definition) is 3. The minimum atomic E-state index is 0.689. The molecule has 340 valence electrons. The summed E-state index contributed by atoms with van der Waals surface area (Å²) in [6.45, 7) is 0. The summed E-state index contributed by atoms with van der Waals surface area (Å²) in [6.07, 6.45) is 3.87. The van der Waals surface area contributed by atoms with Crippen molar-refractivity contribution in [2.24, 2.45) is 0 Å². The van der Waals surface area contributed by atoms with E-state index in [2.05, 4.69) is 237 Å². The zero-order chi connectivity index (χ0) is 48.0. The lowest BCUT2D eigenvalue weighted by atomic mass is 9.94. The maximum atomic E-state index is 5.28. The van der Waals surface area contributed by atoms with Crippen LogP contribution in [0.2, 0.25) is 0 Å². The number of rotatable bonds is 7. The molecule has 0 unspecified atom stereocenters. The number of pyridine rings is 1. The molecule has 15 aromatic rings. The van der Waals surface area contributed by atoms with Gasteiger partial charge in [-0.25, -0.2) is 9.97 Å². The second-order valence-electron chi connectivity index (χ2n) is 18.8. The lowest BCUT2D eigenvalue weighted by Gasteiger charge is -2.13. The molecule has 0 radical (unpaired) electrons. The van der Waals surface area contributed by atoms with Crippen LogP contribution < -0.4 is 0 Å². The summed E-state index contributed by atoms with van der Waals surface area (Å²) in [5, 5.41) is 9.57. The Labute approximate surface area is 420 Å². The highest BCUT2D eigenvalue weighted by atomic mass is 15.1. The SMILES string of the molecule is c1ccc(-c2cc(-n3c4ccccc4c4ccc(-c5ccc6c(-c7ccc8c(c7)c7ccccc7n8-c7ccc8c(c7)c7ccncc7n8-c7ccccc7)cccc6c5)cc43)nc(-c3ccccc3)n2)cc1. The molecule has 6 nitrogen and oxygen atoms in total. The zero-order valence-electron chi connectivity index (χ0n) is 39.4. The van der Waals surface area contributed by atoms with Crippen molar-refractivity contribution in [3.8, 4) is 62.1 Å². The first-order valence-electron chi connectivity index (χ1n) is 24.7. The van der Waals surface area contributed by atoms with Gasteiger partial charge in [0.2, 0.25) is 0 Å². The van der Waals surface area contributed by atoms with Crippen molar-refractivity contribution in [2.45, 2.75) is 0 Å². The van der Waals surface area contributed by atoms with Crippen LogP contribution >= 0.6 is 0 Å². The van der Waals surface area contributed by atoms with E-state index in [9.17, 15) is 0 Å². The molecule has 0 bridgehead atoms. The van der Waals surface area contributed by atoms with Gasteiger partial charge in [-0.15, -0.1) is 0 Å². The predicted octanol–water partition coefficient (Wildman–Crippen LogP) is 17.0. The van der Waals surface area contributed by atoms with Crippen LogP contribution in [0.15, 0.2) is 255 Å². The molecule has 0 aliphatic carbocycles. The molecule has 5 heterocycles. The van der Waals surface area contributed by atoms with Gasteiger partial charge in [-0.2, -0.15) is 0 Å². The standard InChI is InChI=1S/C67H42N6/c1-4-15-43(16-5-1)59-41-66(70-67(69-59)44-17-6-2-7-18-44)73-61-26-13-10-22-53(61)55-32-28-46(39-64(55)73)45-27-31-52-47(37-45)19-14-24-51(52)48-29-33-62-57(38-48)54-23-11-12-25-60(54)72(62)50-30-34-63-58(40-50)56-35-36-68-42-65(56)71(63)49-20-8-3-9-21-49/h1-42H. The maximum Gasteiger partial charge on any atom is 0.162 e. The first-order chi connectivity index (χ1) is 36.2. The van der Waals surface area contributed by atoms with E-state index in [4.69, 9.17) is 9.97 Å². The Balaban J connectivity index is 0.840. The Hall–Kier alpha value is -9.91. The molecular weight excluding hydrogens is 889 g/mol. The molecule has 0 N–H and O–H groups in total. The van der Waals surface area contributed by atoms with Gasteiger partial charge >= 0.3 is 0 Å². The molecule has 0 fully saturated rings. The minimum absolute atomic E-state index is 0.689. The van der Waals surface area contributed by atoms with Crippen molar-refractivity contribution >= 4 is 76.2 Å². The number of aromatic nitrogens is 6. The van der Waals surface area contributed by atoms with Crippen LogP contribution in [0.4, 0.5) is 0 Å². The van der Waals surface area contributed by atoms with Crippen molar-refractivity contribution in [3.63, 3.8) is 0 Å². The van der Waals surface area contributed by atoms with Gasteiger partial charge in [-0.05, 0) is 106 Å². The molecule has 73 heavy (non-hydrogen) atoms. The fourth-order valence-corrected chi connectivity index (χ4v) is 11.4. The summed E-state index contributed by atoms with van der Waals surface area (Å²) < 4.78 is 7.04. The van der Waals surface area contributed by atoms with Gasteiger partial charge in [0.15, 0.2) is 5.82 Å². The average molecular weight is 931 g/mol. The van der Waals surface area contributed by atoms with E-state index < -0.39 is 0 Å². The third-order valence-corrected chi connectivity index (χ3v) is 14.7. The highest BCUT2D eigenvalue weighted by Crippen LogP contribution is 2.41. The van der Waals surface area contributed by atoms with Crippen molar-refractivity contribution in [3.05, 3.63) is 255 Å². The van der Waals surface area contributed by atoms with E-state index in [1.807, 2.05) is 36.7 Å². The van der Waals surface area contributed by atoms with Crippen LogP contribution in [0.3, 0.4) is 0 Å². The summed E-state index contributed by atoms with van der Waals surface area (Å²) >= 11 is 0. The Bertz CT molecular complexity index is 4600.